The predicted octanol–water partition coefficient (Wildman–Crippen LogP) is 6.89. The summed E-state index contributed by atoms with van der Waals surface area (Å²) in [7, 11) is 0. The molecule has 0 aliphatic rings. The van der Waals surface area contributed by atoms with Crippen LogP contribution in [-0.2, 0) is 28.3 Å². The first-order chi connectivity index (χ1) is 17.7. The molecule has 0 aromatic heterocycles. The minimum Gasteiger partial charge on any atom is -0.354 e. The third-order valence-electron chi connectivity index (χ3n) is 5.73. The van der Waals surface area contributed by atoms with Gasteiger partial charge in [-0.2, -0.15) is 0 Å². The van der Waals surface area contributed by atoms with Crippen LogP contribution in [0.3, 0.4) is 0 Å². The Hall–Kier alpha value is -2.35. The third-order valence-corrected chi connectivity index (χ3v) is 7.52. The average Bonchev–Trinajstić information content (AvgIpc) is 2.87. The van der Waals surface area contributed by atoms with Gasteiger partial charge in [-0.05, 0) is 41.3 Å². The molecule has 0 spiro atoms. The molecule has 3 aromatic carbocycles. The Labute approximate surface area is 236 Å². The zero-order valence-corrected chi connectivity index (χ0v) is 24.1. The van der Waals surface area contributed by atoms with Gasteiger partial charge in [0.2, 0.25) is 11.8 Å². The molecule has 1 atom stereocenters. The fraction of sp³-hybridized carbons (Fsp3) is 0.310. The minimum atomic E-state index is -0.703. The second-order valence-electron chi connectivity index (χ2n) is 9.19. The molecule has 1 N–H and O–H groups in total. The van der Waals surface area contributed by atoms with E-state index in [-0.39, 0.29) is 35.8 Å². The summed E-state index contributed by atoms with van der Waals surface area (Å²) in [5, 5.41) is 3.35. The molecule has 0 fully saturated rings. The zero-order chi connectivity index (χ0) is 26.8. The Morgan fingerprint density at radius 3 is 2.41 bits per heavy atom. The summed E-state index contributed by atoms with van der Waals surface area (Å²) < 4.78 is 15.1. The summed E-state index contributed by atoms with van der Waals surface area (Å²) in [6, 6.07) is 21.2. The topological polar surface area (TPSA) is 49.4 Å². The fourth-order valence-electron chi connectivity index (χ4n) is 3.80. The van der Waals surface area contributed by atoms with Crippen LogP contribution < -0.4 is 5.32 Å². The van der Waals surface area contributed by atoms with E-state index in [0.29, 0.717) is 23.6 Å². The Bertz CT molecular complexity index is 1180. The second-order valence-corrected chi connectivity index (χ2v) is 11.5. The molecule has 0 heterocycles. The molecule has 3 aromatic rings. The smallest absolute Gasteiger partial charge is 0.243 e. The Balaban J connectivity index is 1.86. The van der Waals surface area contributed by atoms with E-state index < -0.39 is 11.9 Å². The molecule has 196 valence electrons. The highest BCUT2D eigenvalue weighted by Crippen LogP contribution is 2.25. The van der Waals surface area contributed by atoms with Crippen molar-refractivity contribution in [2.75, 3.05) is 12.3 Å². The van der Waals surface area contributed by atoms with Crippen molar-refractivity contribution in [3.8, 4) is 0 Å². The number of thioether (sulfide) groups is 1. The zero-order valence-electron chi connectivity index (χ0n) is 20.9. The summed E-state index contributed by atoms with van der Waals surface area (Å²) in [6.45, 7) is 4.85. The quantitative estimate of drug-likeness (QED) is 0.245. The van der Waals surface area contributed by atoms with Crippen LogP contribution in [0.4, 0.5) is 4.39 Å². The van der Waals surface area contributed by atoms with Gasteiger partial charge in [-0.15, -0.1) is 11.8 Å². The van der Waals surface area contributed by atoms with Crippen molar-refractivity contribution in [3.05, 3.63) is 105 Å². The van der Waals surface area contributed by atoms with Gasteiger partial charge in [0.05, 0.1) is 5.75 Å². The lowest BCUT2D eigenvalue weighted by Gasteiger charge is -2.32. The van der Waals surface area contributed by atoms with Gasteiger partial charge in [-0.25, -0.2) is 4.39 Å². The SMILES string of the molecule is CC(C)CNC(=O)C(Cc1ccccc1)N(Cc1cccc(Br)c1)C(=O)CSCc1c(F)cccc1Cl. The Kier molecular flexibility index (Phi) is 11.5. The second kappa shape index (κ2) is 14.6. The minimum absolute atomic E-state index is 0.0847. The molecule has 2 amide bonds. The lowest BCUT2D eigenvalue weighted by molar-refractivity contribution is -0.139. The van der Waals surface area contributed by atoms with E-state index in [4.69, 9.17) is 11.6 Å². The van der Waals surface area contributed by atoms with Crippen LogP contribution in [0.5, 0.6) is 0 Å². The van der Waals surface area contributed by atoms with Crippen LogP contribution in [0.15, 0.2) is 77.3 Å². The number of hydrogen-bond acceptors (Lipinski definition) is 3. The van der Waals surface area contributed by atoms with Gasteiger partial charge in [0.1, 0.15) is 11.9 Å². The molecule has 0 aliphatic heterocycles. The summed E-state index contributed by atoms with van der Waals surface area (Å²) in [5.41, 5.74) is 2.24. The molecule has 0 saturated carbocycles. The van der Waals surface area contributed by atoms with Gasteiger partial charge in [0.15, 0.2) is 0 Å². The number of benzene rings is 3. The van der Waals surface area contributed by atoms with Gasteiger partial charge in [-0.1, -0.05) is 89.9 Å². The maximum atomic E-state index is 14.2. The van der Waals surface area contributed by atoms with Crippen molar-refractivity contribution >= 4 is 51.1 Å². The Morgan fingerprint density at radius 1 is 1.03 bits per heavy atom. The van der Waals surface area contributed by atoms with Gasteiger partial charge >= 0.3 is 0 Å². The maximum Gasteiger partial charge on any atom is 0.243 e. The highest BCUT2D eigenvalue weighted by Gasteiger charge is 2.30. The molecule has 1 unspecified atom stereocenters. The predicted molar refractivity (Wildman–Crippen MR) is 154 cm³/mol. The molecule has 37 heavy (non-hydrogen) atoms. The lowest BCUT2D eigenvalue weighted by atomic mass is 10.0. The monoisotopic (exact) mass is 604 g/mol. The number of rotatable bonds is 12. The van der Waals surface area contributed by atoms with Crippen molar-refractivity contribution in [2.24, 2.45) is 5.92 Å². The van der Waals surface area contributed by atoms with Gasteiger partial charge in [-0.3, -0.25) is 9.59 Å². The largest absolute Gasteiger partial charge is 0.354 e. The van der Waals surface area contributed by atoms with Crippen molar-refractivity contribution in [1.29, 1.82) is 0 Å². The molecular formula is C29H31BrClFN2O2S. The Morgan fingerprint density at radius 2 is 1.73 bits per heavy atom. The molecule has 3 rings (SSSR count). The average molecular weight is 606 g/mol. The summed E-state index contributed by atoms with van der Waals surface area (Å²) in [4.78, 5) is 28.7. The van der Waals surface area contributed by atoms with Crippen LogP contribution in [0.25, 0.3) is 0 Å². The molecule has 0 radical (unpaired) electrons. The van der Waals surface area contributed by atoms with E-state index in [1.165, 1.54) is 17.8 Å². The fourth-order valence-corrected chi connectivity index (χ4v) is 5.50. The third kappa shape index (κ3) is 9.16. The van der Waals surface area contributed by atoms with Crippen LogP contribution in [-0.4, -0.2) is 35.1 Å². The van der Waals surface area contributed by atoms with Gasteiger partial charge in [0.25, 0.3) is 0 Å². The first-order valence-corrected chi connectivity index (χ1v) is 14.4. The first kappa shape index (κ1) is 29.2. The van der Waals surface area contributed by atoms with Crippen LogP contribution in [0.2, 0.25) is 5.02 Å². The van der Waals surface area contributed by atoms with Crippen LogP contribution in [0, 0.1) is 11.7 Å². The maximum absolute atomic E-state index is 14.2. The molecule has 0 aliphatic carbocycles. The van der Waals surface area contributed by atoms with E-state index in [0.717, 1.165) is 15.6 Å². The van der Waals surface area contributed by atoms with Gasteiger partial charge < -0.3 is 10.2 Å². The standard InChI is InChI=1S/C29H31BrClFN2O2S/c1-20(2)16-33-29(36)27(15-21-8-4-3-5-9-21)34(17-22-10-6-11-23(30)14-22)28(35)19-37-18-24-25(31)12-7-13-26(24)32/h3-14,20,27H,15-19H2,1-2H3,(H,33,36). The van der Waals surface area contributed by atoms with Crippen molar-refractivity contribution in [1.82, 2.24) is 10.2 Å². The number of nitrogens with one attached hydrogen (secondary N) is 1. The number of amides is 2. The summed E-state index contributed by atoms with van der Waals surface area (Å²) in [6.07, 6.45) is 0.383. The number of hydrogen-bond donors (Lipinski definition) is 1. The van der Waals surface area contributed by atoms with Crippen LogP contribution in [0.1, 0.15) is 30.5 Å². The molecule has 8 heteroatoms. The highest BCUT2D eigenvalue weighted by atomic mass is 79.9. The van der Waals surface area contributed by atoms with Crippen molar-refractivity contribution in [2.45, 2.75) is 38.6 Å². The summed E-state index contributed by atoms with van der Waals surface area (Å²) in [5.74, 6) is -0.169. The van der Waals surface area contributed by atoms with E-state index in [2.05, 4.69) is 21.2 Å². The van der Waals surface area contributed by atoms with E-state index in [1.807, 2.05) is 68.4 Å². The van der Waals surface area contributed by atoms with Crippen molar-refractivity contribution in [3.63, 3.8) is 0 Å². The van der Waals surface area contributed by atoms with Crippen LogP contribution >= 0.6 is 39.3 Å². The first-order valence-electron chi connectivity index (χ1n) is 12.1. The number of carbonyl (C=O) groups is 2. The molecule has 0 saturated heterocycles. The van der Waals surface area contributed by atoms with E-state index in [1.54, 1.807) is 17.0 Å². The molecule has 0 bridgehead atoms. The normalized spacial score (nSPS) is 11.8. The number of carbonyl (C=O) groups excluding carboxylic acids is 2. The van der Waals surface area contributed by atoms with Gasteiger partial charge in [0, 0.05) is 40.3 Å². The van der Waals surface area contributed by atoms with Crippen molar-refractivity contribution < 1.29 is 14.0 Å². The highest BCUT2D eigenvalue weighted by molar-refractivity contribution is 9.10. The molecular weight excluding hydrogens is 575 g/mol. The molecule has 4 nitrogen and oxygen atoms in total. The summed E-state index contributed by atoms with van der Waals surface area (Å²) >= 11 is 10.9. The van der Waals surface area contributed by atoms with E-state index >= 15 is 0 Å². The van der Waals surface area contributed by atoms with E-state index in [9.17, 15) is 14.0 Å². The number of halogens is 3. The lowest BCUT2D eigenvalue weighted by Crippen LogP contribution is -2.51. The number of nitrogens with zero attached hydrogens (tertiary/aromatic N) is 1.